The van der Waals surface area contributed by atoms with Gasteiger partial charge in [0.25, 0.3) is 5.91 Å². The number of hydrogen-bond acceptors (Lipinski definition) is 5. The molecule has 2 heterocycles. The Balaban J connectivity index is 1.68. The zero-order valence-corrected chi connectivity index (χ0v) is 13.9. The molecule has 0 unspecified atom stereocenters. The molecule has 0 atom stereocenters. The molecule has 2 aromatic rings. The summed E-state index contributed by atoms with van der Waals surface area (Å²) in [5.41, 5.74) is 0.842. The molecule has 3 rings (SSSR count). The molecule has 1 aromatic heterocycles. The number of nitrogens with zero attached hydrogens (tertiary/aromatic N) is 3. The summed E-state index contributed by atoms with van der Waals surface area (Å²) >= 11 is 0. The normalized spacial score (nSPS) is 13.4. The molecule has 0 fully saturated rings. The Morgan fingerprint density at radius 2 is 1.92 bits per heavy atom. The summed E-state index contributed by atoms with van der Waals surface area (Å²) in [5, 5.41) is 0. The first-order valence-electron chi connectivity index (χ1n) is 8.00. The van der Waals surface area contributed by atoms with E-state index in [1.165, 1.54) is 0 Å². The largest absolute Gasteiger partial charge is 0.497 e. The highest BCUT2D eigenvalue weighted by atomic mass is 16.5. The van der Waals surface area contributed by atoms with Gasteiger partial charge in [-0.05, 0) is 43.3 Å². The number of methoxy groups -OCH3 is 1. The topological polar surface area (TPSA) is 54.9 Å². The summed E-state index contributed by atoms with van der Waals surface area (Å²) < 4.78 is 10.7. The molecule has 1 amide bonds. The van der Waals surface area contributed by atoms with Crippen molar-refractivity contribution in [2.24, 2.45) is 0 Å². The molecule has 6 nitrogen and oxygen atoms in total. The van der Waals surface area contributed by atoms with Crippen LogP contribution in [0.4, 0.5) is 11.5 Å². The van der Waals surface area contributed by atoms with E-state index < -0.39 is 0 Å². The van der Waals surface area contributed by atoms with Crippen molar-refractivity contribution in [1.29, 1.82) is 0 Å². The van der Waals surface area contributed by atoms with Crippen molar-refractivity contribution in [2.45, 2.75) is 6.92 Å². The van der Waals surface area contributed by atoms with Gasteiger partial charge in [-0.15, -0.1) is 0 Å². The zero-order chi connectivity index (χ0) is 16.9. The first-order valence-corrected chi connectivity index (χ1v) is 8.00. The first-order chi connectivity index (χ1) is 11.7. The van der Waals surface area contributed by atoms with Crippen LogP contribution in [-0.4, -0.2) is 44.2 Å². The van der Waals surface area contributed by atoms with Gasteiger partial charge in [0.1, 0.15) is 11.5 Å². The van der Waals surface area contributed by atoms with Crippen molar-refractivity contribution >= 4 is 17.4 Å². The van der Waals surface area contributed by atoms with Gasteiger partial charge in [0, 0.05) is 25.8 Å². The van der Waals surface area contributed by atoms with Gasteiger partial charge >= 0.3 is 0 Å². The third kappa shape index (κ3) is 3.27. The highest BCUT2D eigenvalue weighted by Crippen LogP contribution is 2.30. The third-order valence-corrected chi connectivity index (χ3v) is 4.05. The lowest BCUT2D eigenvalue weighted by molar-refractivity contribution is -0.120. The standard InChI is InChI=1S/C18H21N3O3/c1-3-20-11-12-21(16-5-4-10-19-18(16)20)17(22)13-24-15-8-6-14(23-2)7-9-15/h4-10H,3,11-13H2,1-2H3. The van der Waals surface area contributed by atoms with Crippen LogP contribution >= 0.6 is 0 Å². The number of ether oxygens (including phenoxy) is 2. The van der Waals surface area contributed by atoms with Crippen molar-refractivity contribution in [3.63, 3.8) is 0 Å². The molecular weight excluding hydrogens is 306 g/mol. The molecule has 0 saturated carbocycles. The molecule has 126 valence electrons. The maximum absolute atomic E-state index is 12.6. The minimum atomic E-state index is -0.0733. The first kappa shape index (κ1) is 16.1. The number of carbonyl (C=O) groups is 1. The molecule has 0 saturated heterocycles. The van der Waals surface area contributed by atoms with Crippen molar-refractivity contribution in [3.8, 4) is 11.5 Å². The van der Waals surface area contributed by atoms with Crippen molar-refractivity contribution in [2.75, 3.05) is 43.2 Å². The summed E-state index contributed by atoms with van der Waals surface area (Å²) in [6, 6.07) is 11.0. The van der Waals surface area contributed by atoms with Gasteiger partial charge in [0.15, 0.2) is 12.4 Å². The fourth-order valence-electron chi connectivity index (χ4n) is 2.75. The Bertz CT molecular complexity index is 703. The SMILES string of the molecule is CCN1CCN(C(=O)COc2ccc(OC)cc2)c2cccnc21. The van der Waals surface area contributed by atoms with E-state index in [1.54, 1.807) is 42.5 Å². The molecule has 1 aliphatic rings. The van der Waals surface area contributed by atoms with Gasteiger partial charge in [0.05, 0.1) is 12.8 Å². The average molecular weight is 327 g/mol. The predicted molar refractivity (Wildman–Crippen MR) is 93.0 cm³/mol. The molecule has 24 heavy (non-hydrogen) atoms. The summed E-state index contributed by atoms with van der Waals surface area (Å²) in [6.07, 6.45) is 1.75. The molecule has 1 aliphatic heterocycles. The molecule has 0 aliphatic carbocycles. The number of benzene rings is 1. The molecule has 6 heteroatoms. The number of anilines is 2. The molecule has 1 aromatic carbocycles. The number of aromatic nitrogens is 1. The Kier molecular flexibility index (Phi) is 4.84. The lowest BCUT2D eigenvalue weighted by atomic mass is 10.2. The van der Waals surface area contributed by atoms with E-state index in [4.69, 9.17) is 9.47 Å². The molecular formula is C18H21N3O3. The second-order valence-corrected chi connectivity index (χ2v) is 5.44. The number of pyridine rings is 1. The number of fused-ring (bicyclic) bond motifs is 1. The van der Waals surface area contributed by atoms with Crippen molar-refractivity contribution < 1.29 is 14.3 Å². The molecule has 0 N–H and O–H groups in total. The summed E-state index contributed by atoms with van der Waals surface area (Å²) in [7, 11) is 1.61. The third-order valence-electron chi connectivity index (χ3n) is 4.05. The van der Waals surface area contributed by atoms with Gasteiger partial charge in [-0.3, -0.25) is 4.79 Å². The van der Waals surface area contributed by atoms with Gasteiger partial charge in [-0.1, -0.05) is 0 Å². The van der Waals surface area contributed by atoms with Crippen LogP contribution in [0.1, 0.15) is 6.92 Å². The van der Waals surface area contributed by atoms with Crippen LogP contribution in [0.15, 0.2) is 42.6 Å². The summed E-state index contributed by atoms with van der Waals surface area (Å²) in [5.74, 6) is 2.17. The maximum atomic E-state index is 12.6. The zero-order valence-electron chi connectivity index (χ0n) is 13.9. The Morgan fingerprint density at radius 3 is 2.62 bits per heavy atom. The minimum absolute atomic E-state index is 0.00715. The number of carbonyl (C=O) groups excluding carboxylic acids is 1. The van der Waals surface area contributed by atoms with E-state index >= 15 is 0 Å². The molecule has 0 radical (unpaired) electrons. The Labute approximate surface area is 141 Å². The van der Waals surface area contributed by atoms with E-state index in [0.29, 0.717) is 12.3 Å². The highest BCUT2D eigenvalue weighted by Gasteiger charge is 2.27. The van der Waals surface area contributed by atoms with Crippen LogP contribution in [-0.2, 0) is 4.79 Å². The predicted octanol–water partition coefficient (Wildman–Crippen LogP) is 2.34. The minimum Gasteiger partial charge on any atom is -0.497 e. The number of amides is 1. The fourth-order valence-corrected chi connectivity index (χ4v) is 2.75. The summed E-state index contributed by atoms with van der Waals surface area (Å²) in [6.45, 7) is 4.36. The van der Waals surface area contributed by atoms with Gasteiger partial charge in [-0.25, -0.2) is 4.98 Å². The van der Waals surface area contributed by atoms with Gasteiger partial charge in [0.2, 0.25) is 0 Å². The number of hydrogen-bond donors (Lipinski definition) is 0. The molecule has 0 spiro atoms. The van der Waals surface area contributed by atoms with Crippen LogP contribution in [0.2, 0.25) is 0 Å². The van der Waals surface area contributed by atoms with E-state index in [2.05, 4.69) is 16.8 Å². The average Bonchev–Trinajstić information content (AvgIpc) is 2.65. The molecule has 0 bridgehead atoms. The van der Waals surface area contributed by atoms with E-state index in [1.807, 2.05) is 12.1 Å². The smallest absolute Gasteiger partial charge is 0.265 e. The quantitative estimate of drug-likeness (QED) is 0.844. The van der Waals surface area contributed by atoms with Gasteiger partial charge < -0.3 is 19.3 Å². The lowest BCUT2D eigenvalue weighted by Gasteiger charge is -2.35. The van der Waals surface area contributed by atoms with Gasteiger partial charge in [-0.2, -0.15) is 0 Å². The van der Waals surface area contributed by atoms with E-state index in [9.17, 15) is 4.79 Å². The summed E-state index contributed by atoms with van der Waals surface area (Å²) in [4.78, 5) is 20.9. The van der Waals surface area contributed by atoms with Crippen LogP contribution in [0.5, 0.6) is 11.5 Å². The van der Waals surface area contributed by atoms with Crippen LogP contribution < -0.4 is 19.3 Å². The van der Waals surface area contributed by atoms with Crippen molar-refractivity contribution in [1.82, 2.24) is 4.98 Å². The van der Waals surface area contributed by atoms with E-state index in [-0.39, 0.29) is 12.5 Å². The number of rotatable bonds is 5. The van der Waals surface area contributed by atoms with E-state index in [0.717, 1.165) is 30.3 Å². The monoisotopic (exact) mass is 327 g/mol. The number of likely N-dealkylation sites (N-methyl/N-ethyl adjacent to an activating group) is 1. The Hall–Kier alpha value is -2.76. The highest BCUT2D eigenvalue weighted by molar-refractivity contribution is 5.98. The fraction of sp³-hybridized carbons (Fsp3) is 0.333. The second kappa shape index (κ2) is 7.21. The lowest BCUT2D eigenvalue weighted by Crippen LogP contribution is -2.46. The van der Waals surface area contributed by atoms with Crippen LogP contribution in [0.25, 0.3) is 0 Å². The van der Waals surface area contributed by atoms with Crippen LogP contribution in [0, 0.1) is 0 Å². The van der Waals surface area contributed by atoms with Crippen LogP contribution in [0.3, 0.4) is 0 Å². The second-order valence-electron chi connectivity index (χ2n) is 5.44. The maximum Gasteiger partial charge on any atom is 0.265 e. The van der Waals surface area contributed by atoms with Crippen molar-refractivity contribution in [3.05, 3.63) is 42.6 Å². The Morgan fingerprint density at radius 1 is 1.17 bits per heavy atom.